The summed E-state index contributed by atoms with van der Waals surface area (Å²) in [4.78, 5) is 11.1. The van der Waals surface area contributed by atoms with Crippen molar-refractivity contribution in [2.45, 2.75) is 32.2 Å². The van der Waals surface area contributed by atoms with E-state index in [0.29, 0.717) is 6.42 Å². The monoisotopic (exact) mass is 248 g/mol. The molecule has 1 aliphatic rings. The molecule has 1 amide bonds. The first-order valence-electron chi connectivity index (χ1n) is 6.54. The third-order valence-electron chi connectivity index (χ3n) is 2.96. The molecule has 0 aliphatic carbocycles. The van der Waals surface area contributed by atoms with E-state index in [4.69, 9.17) is 4.74 Å². The number of nitrogens with one attached hydrogen (secondary N) is 2. The van der Waals surface area contributed by atoms with Gasteiger partial charge < -0.3 is 15.4 Å². The smallest absolute Gasteiger partial charge is 0.220 e. The van der Waals surface area contributed by atoms with Crippen molar-refractivity contribution in [3.05, 3.63) is 24.3 Å². The minimum Gasteiger partial charge on any atom is -0.494 e. The van der Waals surface area contributed by atoms with Gasteiger partial charge in [-0.3, -0.25) is 4.79 Å². The molecule has 1 saturated heterocycles. The first-order valence-corrected chi connectivity index (χ1v) is 6.54. The molecule has 0 radical (unpaired) electrons. The van der Waals surface area contributed by atoms with Crippen LogP contribution in [0.1, 0.15) is 26.2 Å². The maximum Gasteiger partial charge on any atom is 0.220 e. The lowest BCUT2D eigenvalue weighted by Crippen LogP contribution is -2.31. The lowest BCUT2D eigenvalue weighted by molar-refractivity contribution is -0.119. The van der Waals surface area contributed by atoms with Crippen LogP contribution in [-0.2, 0) is 4.79 Å². The van der Waals surface area contributed by atoms with Gasteiger partial charge in [0, 0.05) is 24.7 Å². The Hall–Kier alpha value is -1.71. The number of amides is 1. The van der Waals surface area contributed by atoms with Crippen molar-refractivity contribution in [2.75, 3.05) is 18.5 Å². The summed E-state index contributed by atoms with van der Waals surface area (Å²) in [5.74, 6) is 1.06. The second-order valence-corrected chi connectivity index (χ2v) is 4.56. The minimum absolute atomic E-state index is 0.158. The van der Waals surface area contributed by atoms with Crippen LogP contribution in [0.15, 0.2) is 24.3 Å². The third-order valence-corrected chi connectivity index (χ3v) is 2.96. The van der Waals surface area contributed by atoms with Crippen LogP contribution in [-0.4, -0.2) is 25.1 Å². The molecule has 0 bridgehead atoms. The number of anilines is 1. The third kappa shape index (κ3) is 3.65. The highest BCUT2D eigenvalue weighted by Gasteiger charge is 2.19. The van der Waals surface area contributed by atoms with Crippen molar-refractivity contribution in [2.24, 2.45) is 0 Å². The summed E-state index contributed by atoms with van der Waals surface area (Å²) in [7, 11) is 0. The molecule has 1 atom stereocenters. The molecule has 98 valence electrons. The summed E-state index contributed by atoms with van der Waals surface area (Å²) in [6.45, 7) is 3.62. The Morgan fingerprint density at radius 1 is 1.39 bits per heavy atom. The van der Waals surface area contributed by atoms with Gasteiger partial charge in [-0.25, -0.2) is 0 Å². The van der Waals surface area contributed by atoms with Crippen molar-refractivity contribution in [3.8, 4) is 5.75 Å². The fourth-order valence-electron chi connectivity index (χ4n) is 1.96. The van der Waals surface area contributed by atoms with E-state index in [2.05, 4.69) is 17.6 Å². The van der Waals surface area contributed by atoms with Gasteiger partial charge in [0.05, 0.1) is 6.61 Å². The Bertz CT molecular complexity index is 389. The molecule has 1 aliphatic heterocycles. The fraction of sp³-hybridized carbons (Fsp3) is 0.500. The van der Waals surface area contributed by atoms with Gasteiger partial charge in [0.2, 0.25) is 5.91 Å². The van der Waals surface area contributed by atoms with E-state index in [1.807, 2.05) is 24.3 Å². The van der Waals surface area contributed by atoms with E-state index in [1.54, 1.807) is 0 Å². The minimum atomic E-state index is 0.158. The van der Waals surface area contributed by atoms with Gasteiger partial charge in [0.15, 0.2) is 0 Å². The molecule has 4 heteroatoms. The highest BCUT2D eigenvalue weighted by atomic mass is 16.5. The maximum atomic E-state index is 11.1. The van der Waals surface area contributed by atoms with Crippen molar-refractivity contribution < 1.29 is 9.53 Å². The van der Waals surface area contributed by atoms with Crippen LogP contribution >= 0.6 is 0 Å². The van der Waals surface area contributed by atoms with Crippen molar-refractivity contribution in [1.82, 2.24) is 5.32 Å². The van der Waals surface area contributed by atoms with Crippen LogP contribution in [0.25, 0.3) is 0 Å². The molecule has 0 spiro atoms. The van der Waals surface area contributed by atoms with Gasteiger partial charge in [0.25, 0.3) is 0 Å². The van der Waals surface area contributed by atoms with Crippen LogP contribution in [0.5, 0.6) is 5.75 Å². The summed E-state index contributed by atoms with van der Waals surface area (Å²) in [5.41, 5.74) is 1.06. The largest absolute Gasteiger partial charge is 0.494 e. The van der Waals surface area contributed by atoms with E-state index >= 15 is 0 Å². The van der Waals surface area contributed by atoms with Crippen LogP contribution in [0.3, 0.4) is 0 Å². The highest BCUT2D eigenvalue weighted by molar-refractivity contribution is 5.78. The van der Waals surface area contributed by atoms with Gasteiger partial charge in [-0.05, 0) is 37.1 Å². The number of hydrogen-bond acceptors (Lipinski definition) is 3. The second kappa shape index (κ2) is 6.28. The SMILES string of the molecule is CCCOc1ccc(NCC2CCC(=O)N2)cc1. The molecule has 1 fully saturated rings. The molecule has 18 heavy (non-hydrogen) atoms. The van der Waals surface area contributed by atoms with E-state index < -0.39 is 0 Å². The van der Waals surface area contributed by atoms with Crippen molar-refractivity contribution in [3.63, 3.8) is 0 Å². The predicted octanol–water partition coefficient (Wildman–Crippen LogP) is 2.17. The maximum absolute atomic E-state index is 11.1. The van der Waals surface area contributed by atoms with Crippen LogP contribution < -0.4 is 15.4 Å². The van der Waals surface area contributed by atoms with Crippen LogP contribution in [0.4, 0.5) is 5.69 Å². The predicted molar refractivity (Wildman–Crippen MR) is 71.9 cm³/mol. The Morgan fingerprint density at radius 3 is 2.78 bits per heavy atom. The molecule has 0 saturated carbocycles. The molecule has 1 aromatic carbocycles. The average Bonchev–Trinajstić information content (AvgIpc) is 2.81. The Labute approximate surface area is 108 Å². The van der Waals surface area contributed by atoms with Crippen molar-refractivity contribution >= 4 is 11.6 Å². The zero-order valence-corrected chi connectivity index (χ0v) is 10.7. The number of carbonyl (C=O) groups excluding carboxylic acids is 1. The molecular weight excluding hydrogens is 228 g/mol. The zero-order chi connectivity index (χ0) is 12.8. The quantitative estimate of drug-likeness (QED) is 0.811. The van der Waals surface area contributed by atoms with Gasteiger partial charge in [-0.1, -0.05) is 6.92 Å². The topological polar surface area (TPSA) is 50.4 Å². The molecule has 0 aromatic heterocycles. The molecule has 4 nitrogen and oxygen atoms in total. The molecule has 2 rings (SSSR count). The summed E-state index contributed by atoms with van der Waals surface area (Å²) in [6.07, 6.45) is 2.58. The van der Waals surface area contributed by atoms with E-state index in [-0.39, 0.29) is 11.9 Å². The summed E-state index contributed by atoms with van der Waals surface area (Å²) < 4.78 is 5.52. The fourth-order valence-corrected chi connectivity index (χ4v) is 1.96. The number of benzene rings is 1. The average molecular weight is 248 g/mol. The molecule has 1 unspecified atom stereocenters. The van der Waals surface area contributed by atoms with E-state index in [9.17, 15) is 4.79 Å². The number of hydrogen-bond donors (Lipinski definition) is 2. The van der Waals surface area contributed by atoms with Crippen molar-refractivity contribution in [1.29, 1.82) is 0 Å². The Kier molecular flexibility index (Phi) is 4.45. The number of carbonyl (C=O) groups is 1. The highest BCUT2D eigenvalue weighted by Crippen LogP contribution is 2.16. The molecule has 2 N–H and O–H groups in total. The standard InChI is InChI=1S/C14H20N2O2/c1-2-9-18-13-6-3-11(4-7-13)15-10-12-5-8-14(17)16-12/h3-4,6-7,12,15H,2,5,8-10H2,1H3,(H,16,17). The van der Waals surface area contributed by atoms with E-state index in [1.165, 1.54) is 0 Å². The Balaban J connectivity index is 1.77. The van der Waals surface area contributed by atoms with Gasteiger partial charge >= 0.3 is 0 Å². The van der Waals surface area contributed by atoms with Crippen LogP contribution in [0.2, 0.25) is 0 Å². The summed E-state index contributed by atoms with van der Waals surface area (Å²) in [6, 6.07) is 8.19. The lowest BCUT2D eigenvalue weighted by atomic mass is 10.2. The molecule has 1 heterocycles. The van der Waals surface area contributed by atoms with Gasteiger partial charge in [-0.15, -0.1) is 0 Å². The summed E-state index contributed by atoms with van der Waals surface area (Å²) >= 11 is 0. The summed E-state index contributed by atoms with van der Waals surface area (Å²) in [5, 5.41) is 6.26. The van der Waals surface area contributed by atoms with E-state index in [0.717, 1.165) is 37.4 Å². The lowest BCUT2D eigenvalue weighted by Gasteiger charge is -2.12. The first-order chi connectivity index (χ1) is 8.78. The van der Waals surface area contributed by atoms with Gasteiger partial charge in [-0.2, -0.15) is 0 Å². The first kappa shape index (κ1) is 12.7. The second-order valence-electron chi connectivity index (χ2n) is 4.56. The molecule has 1 aromatic rings. The number of ether oxygens (including phenoxy) is 1. The molecular formula is C14H20N2O2. The zero-order valence-electron chi connectivity index (χ0n) is 10.7. The normalized spacial score (nSPS) is 18.5. The Morgan fingerprint density at radius 2 is 2.17 bits per heavy atom. The van der Waals surface area contributed by atoms with Crippen LogP contribution in [0, 0.1) is 0 Å². The number of rotatable bonds is 6. The van der Waals surface area contributed by atoms with Gasteiger partial charge in [0.1, 0.15) is 5.75 Å².